The minimum atomic E-state index is -0.145. The zero-order valence-electron chi connectivity index (χ0n) is 18.1. The van der Waals surface area contributed by atoms with Crippen molar-refractivity contribution < 1.29 is 9.53 Å². The van der Waals surface area contributed by atoms with Crippen LogP contribution in [0.4, 0.5) is 5.69 Å². The van der Waals surface area contributed by atoms with Crippen molar-refractivity contribution >= 4 is 35.0 Å². The second kappa shape index (κ2) is 11.0. The first kappa shape index (κ1) is 22.9. The van der Waals surface area contributed by atoms with Crippen LogP contribution in [-0.4, -0.2) is 33.0 Å². The number of nitrogens with one attached hydrogen (secondary N) is 1. The molecule has 0 spiro atoms. The Kier molecular flexibility index (Phi) is 7.65. The van der Waals surface area contributed by atoms with Crippen LogP contribution in [0.1, 0.15) is 18.3 Å². The van der Waals surface area contributed by atoms with Crippen LogP contribution >= 0.6 is 23.4 Å². The minimum Gasteiger partial charge on any atom is -0.494 e. The van der Waals surface area contributed by atoms with Gasteiger partial charge in [0.25, 0.3) is 0 Å². The Morgan fingerprint density at radius 3 is 2.55 bits per heavy atom. The van der Waals surface area contributed by atoms with Crippen molar-refractivity contribution in [2.24, 2.45) is 0 Å². The van der Waals surface area contributed by atoms with E-state index in [9.17, 15) is 4.79 Å². The second-order valence-electron chi connectivity index (χ2n) is 7.17. The van der Waals surface area contributed by atoms with Crippen molar-refractivity contribution in [1.82, 2.24) is 14.8 Å². The average Bonchev–Trinajstić information content (AvgIpc) is 3.21. The lowest BCUT2D eigenvalue weighted by molar-refractivity contribution is -0.113. The third-order valence-electron chi connectivity index (χ3n) is 4.75. The lowest BCUT2D eigenvalue weighted by atomic mass is 10.1. The number of carbonyl (C=O) groups is 1. The van der Waals surface area contributed by atoms with Gasteiger partial charge >= 0.3 is 0 Å². The molecule has 1 N–H and O–H groups in total. The van der Waals surface area contributed by atoms with Crippen molar-refractivity contribution in [2.75, 3.05) is 17.7 Å². The van der Waals surface area contributed by atoms with E-state index in [1.165, 1.54) is 11.8 Å². The van der Waals surface area contributed by atoms with Crippen LogP contribution in [0.15, 0.2) is 84.0 Å². The van der Waals surface area contributed by atoms with E-state index < -0.39 is 0 Å². The van der Waals surface area contributed by atoms with Gasteiger partial charge in [0.2, 0.25) is 5.91 Å². The summed E-state index contributed by atoms with van der Waals surface area (Å²) in [5, 5.41) is 12.9. The van der Waals surface area contributed by atoms with Crippen molar-refractivity contribution in [3.8, 4) is 11.4 Å². The fraction of sp³-hybridized carbons (Fsp3) is 0.160. The normalized spacial score (nSPS) is 10.7. The summed E-state index contributed by atoms with van der Waals surface area (Å²) in [7, 11) is 0. The average molecular weight is 479 g/mol. The van der Waals surface area contributed by atoms with E-state index in [0.717, 1.165) is 22.8 Å². The maximum absolute atomic E-state index is 12.5. The second-order valence-corrected chi connectivity index (χ2v) is 8.55. The first-order valence-electron chi connectivity index (χ1n) is 10.5. The van der Waals surface area contributed by atoms with Gasteiger partial charge in [-0.1, -0.05) is 59.8 Å². The third-order valence-corrected chi connectivity index (χ3v) is 5.92. The van der Waals surface area contributed by atoms with E-state index in [1.807, 2.05) is 54.0 Å². The van der Waals surface area contributed by atoms with E-state index in [4.69, 9.17) is 16.3 Å². The minimum absolute atomic E-state index is 0.145. The van der Waals surface area contributed by atoms with E-state index >= 15 is 0 Å². The number of thioether (sulfide) groups is 1. The van der Waals surface area contributed by atoms with Gasteiger partial charge in [0.05, 0.1) is 12.4 Å². The van der Waals surface area contributed by atoms with Crippen LogP contribution in [0.25, 0.3) is 5.69 Å². The molecule has 0 saturated carbocycles. The van der Waals surface area contributed by atoms with Gasteiger partial charge in [0, 0.05) is 22.8 Å². The van der Waals surface area contributed by atoms with Crippen molar-refractivity contribution in [3.63, 3.8) is 0 Å². The summed E-state index contributed by atoms with van der Waals surface area (Å²) in [4.78, 5) is 12.5. The Morgan fingerprint density at radius 2 is 1.82 bits per heavy atom. The molecule has 6 nitrogen and oxygen atoms in total. The molecular formula is C25H23ClN4O2S. The van der Waals surface area contributed by atoms with Gasteiger partial charge in [-0.3, -0.25) is 9.36 Å². The predicted molar refractivity (Wildman–Crippen MR) is 133 cm³/mol. The molecule has 0 saturated heterocycles. The molecule has 33 heavy (non-hydrogen) atoms. The molecule has 8 heteroatoms. The molecule has 168 valence electrons. The first-order valence-corrected chi connectivity index (χ1v) is 11.9. The Hall–Kier alpha value is -3.29. The predicted octanol–water partition coefficient (Wildman–Crippen LogP) is 5.64. The van der Waals surface area contributed by atoms with Gasteiger partial charge in [0.1, 0.15) is 11.6 Å². The van der Waals surface area contributed by atoms with E-state index in [1.54, 1.807) is 24.3 Å². The highest BCUT2D eigenvalue weighted by atomic mass is 35.5. The molecule has 0 aliphatic carbocycles. The highest BCUT2D eigenvalue weighted by molar-refractivity contribution is 7.99. The number of halogens is 1. The maximum atomic E-state index is 12.5. The van der Waals surface area contributed by atoms with Crippen LogP contribution in [0.5, 0.6) is 5.75 Å². The number of anilines is 1. The number of amides is 1. The SMILES string of the molecule is CCOc1ccc(-n2c(Cc3ccccc3)nnc2SCC(=O)Nc2cccc(Cl)c2)cc1. The number of aromatic nitrogens is 3. The number of ether oxygens (including phenoxy) is 1. The Labute approximate surface area is 202 Å². The summed E-state index contributed by atoms with van der Waals surface area (Å²) in [6.45, 7) is 2.56. The molecule has 1 aromatic heterocycles. The highest BCUT2D eigenvalue weighted by Gasteiger charge is 2.17. The highest BCUT2D eigenvalue weighted by Crippen LogP contribution is 2.25. The molecule has 0 fully saturated rings. The van der Waals surface area contributed by atoms with E-state index in [0.29, 0.717) is 28.9 Å². The maximum Gasteiger partial charge on any atom is 0.234 e. The first-order chi connectivity index (χ1) is 16.1. The fourth-order valence-electron chi connectivity index (χ4n) is 3.30. The van der Waals surface area contributed by atoms with Crippen LogP contribution in [0.3, 0.4) is 0 Å². The molecule has 4 aromatic rings. The standard InChI is InChI=1S/C25H23ClN4O2S/c1-2-32-22-13-11-21(12-14-22)30-23(15-18-7-4-3-5-8-18)28-29-25(30)33-17-24(31)27-20-10-6-9-19(26)16-20/h3-14,16H,2,15,17H2,1H3,(H,27,31). The molecule has 0 atom stereocenters. The van der Waals surface area contributed by atoms with Gasteiger partial charge in [0.15, 0.2) is 5.16 Å². The van der Waals surface area contributed by atoms with Crippen LogP contribution in [0, 0.1) is 0 Å². The van der Waals surface area contributed by atoms with Gasteiger partial charge < -0.3 is 10.1 Å². The number of hydrogen-bond acceptors (Lipinski definition) is 5. The smallest absolute Gasteiger partial charge is 0.234 e. The van der Waals surface area contributed by atoms with Gasteiger partial charge in [-0.15, -0.1) is 10.2 Å². The summed E-state index contributed by atoms with van der Waals surface area (Å²) < 4.78 is 7.56. The number of rotatable bonds is 9. The molecule has 1 amide bonds. The zero-order chi connectivity index (χ0) is 23.0. The molecule has 0 aliphatic heterocycles. The fourth-order valence-corrected chi connectivity index (χ4v) is 4.26. The summed E-state index contributed by atoms with van der Waals surface area (Å²) in [6.07, 6.45) is 0.621. The van der Waals surface area contributed by atoms with Crippen LogP contribution in [-0.2, 0) is 11.2 Å². The van der Waals surface area contributed by atoms with Gasteiger partial charge in [-0.25, -0.2) is 0 Å². The Bertz CT molecular complexity index is 1210. The molecule has 0 radical (unpaired) electrons. The monoisotopic (exact) mass is 478 g/mol. The van der Waals surface area contributed by atoms with E-state index in [2.05, 4.69) is 27.6 Å². The summed E-state index contributed by atoms with van der Waals surface area (Å²) >= 11 is 7.34. The summed E-state index contributed by atoms with van der Waals surface area (Å²) in [5.74, 6) is 1.64. The Balaban J connectivity index is 1.55. The molecular weight excluding hydrogens is 456 g/mol. The molecule has 0 unspecified atom stereocenters. The Morgan fingerprint density at radius 1 is 1.03 bits per heavy atom. The quantitative estimate of drug-likeness (QED) is 0.315. The summed E-state index contributed by atoms with van der Waals surface area (Å²) in [5.41, 5.74) is 2.70. The summed E-state index contributed by atoms with van der Waals surface area (Å²) in [6, 6.07) is 25.0. The number of benzene rings is 3. The van der Waals surface area contributed by atoms with E-state index in [-0.39, 0.29) is 11.7 Å². The van der Waals surface area contributed by atoms with Crippen LogP contribution < -0.4 is 10.1 Å². The lowest BCUT2D eigenvalue weighted by Gasteiger charge is -2.12. The van der Waals surface area contributed by atoms with Crippen molar-refractivity contribution in [1.29, 1.82) is 0 Å². The number of carbonyl (C=O) groups excluding carboxylic acids is 1. The lowest BCUT2D eigenvalue weighted by Crippen LogP contribution is -2.14. The molecule has 0 aliphatic rings. The molecule has 1 heterocycles. The molecule has 0 bridgehead atoms. The zero-order valence-corrected chi connectivity index (χ0v) is 19.6. The molecule has 4 rings (SSSR count). The van der Waals surface area contributed by atoms with Crippen molar-refractivity contribution in [2.45, 2.75) is 18.5 Å². The largest absolute Gasteiger partial charge is 0.494 e. The van der Waals surface area contributed by atoms with Gasteiger partial charge in [-0.2, -0.15) is 0 Å². The number of hydrogen-bond donors (Lipinski definition) is 1. The van der Waals surface area contributed by atoms with Gasteiger partial charge in [-0.05, 0) is 55.0 Å². The third kappa shape index (κ3) is 6.15. The van der Waals surface area contributed by atoms with Crippen LogP contribution in [0.2, 0.25) is 5.02 Å². The molecule has 3 aromatic carbocycles. The topological polar surface area (TPSA) is 69.0 Å². The number of nitrogens with zero attached hydrogens (tertiary/aromatic N) is 3. The van der Waals surface area contributed by atoms with Crippen molar-refractivity contribution in [3.05, 3.63) is 95.3 Å².